The first-order valence-corrected chi connectivity index (χ1v) is 6.72. The summed E-state index contributed by atoms with van der Waals surface area (Å²) in [4.78, 5) is 0. The number of hydrogen-bond acceptors (Lipinski definition) is 4. The van der Waals surface area contributed by atoms with Crippen LogP contribution in [0.2, 0.25) is 0 Å². The van der Waals surface area contributed by atoms with Gasteiger partial charge in [-0.3, -0.25) is 0 Å². The van der Waals surface area contributed by atoms with Crippen molar-refractivity contribution in [1.82, 2.24) is 0 Å². The topological polar surface area (TPSA) is 47.9 Å². The Morgan fingerprint density at radius 2 is 2.16 bits per heavy atom. The van der Waals surface area contributed by atoms with E-state index in [1.54, 1.807) is 7.11 Å². The quantitative estimate of drug-likeness (QED) is 0.802. The van der Waals surface area contributed by atoms with Crippen LogP contribution < -0.4 is 4.74 Å². The molecule has 0 spiro atoms. The molecule has 2 rings (SSSR count). The number of ether oxygens (including phenoxy) is 3. The number of aliphatic hydroxyl groups excluding tert-OH is 1. The highest BCUT2D eigenvalue weighted by atomic mass is 16.5. The molecule has 0 bridgehead atoms. The third-order valence-corrected chi connectivity index (χ3v) is 3.46. The molecule has 0 saturated carbocycles. The second kappa shape index (κ2) is 6.89. The smallest absolute Gasteiger partial charge is 0.125 e. The Hall–Kier alpha value is -1.10. The van der Waals surface area contributed by atoms with Gasteiger partial charge in [-0.15, -0.1) is 0 Å². The fraction of sp³-hybridized carbons (Fsp3) is 0.600. The maximum absolute atomic E-state index is 10.5. The SMILES string of the molecule is COCCOc1ccccc1C(O)C1COC(C)C1. The Labute approximate surface area is 114 Å². The molecule has 0 aromatic heterocycles. The van der Waals surface area contributed by atoms with Gasteiger partial charge < -0.3 is 19.3 Å². The highest BCUT2D eigenvalue weighted by Crippen LogP contribution is 2.35. The minimum atomic E-state index is -0.538. The van der Waals surface area contributed by atoms with Crippen molar-refractivity contribution in [2.75, 3.05) is 26.9 Å². The monoisotopic (exact) mass is 266 g/mol. The molecule has 1 heterocycles. The average molecular weight is 266 g/mol. The number of hydrogen-bond donors (Lipinski definition) is 1. The predicted molar refractivity (Wildman–Crippen MR) is 72.3 cm³/mol. The number of aliphatic hydroxyl groups is 1. The first-order valence-electron chi connectivity index (χ1n) is 6.72. The van der Waals surface area contributed by atoms with Crippen molar-refractivity contribution in [2.45, 2.75) is 25.6 Å². The van der Waals surface area contributed by atoms with Gasteiger partial charge in [0.05, 0.1) is 25.4 Å². The lowest BCUT2D eigenvalue weighted by atomic mass is 9.93. The number of para-hydroxylation sites is 1. The van der Waals surface area contributed by atoms with Crippen molar-refractivity contribution in [3.8, 4) is 5.75 Å². The van der Waals surface area contributed by atoms with Crippen LogP contribution in [0.1, 0.15) is 25.0 Å². The summed E-state index contributed by atoms with van der Waals surface area (Å²) < 4.78 is 16.2. The van der Waals surface area contributed by atoms with Gasteiger partial charge in [-0.1, -0.05) is 18.2 Å². The Bertz CT molecular complexity index is 393. The minimum Gasteiger partial charge on any atom is -0.491 e. The molecule has 1 N–H and O–H groups in total. The Balaban J connectivity index is 2.05. The molecule has 0 radical (unpaired) electrons. The van der Waals surface area contributed by atoms with Crippen molar-refractivity contribution in [3.05, 3.63) is 29.8 Å². The van der Waals surface area contributed by atoms with E-state index in [-0.39, 0.29) is 12.0 Å². The van der Waals surface area contributed by atoms with Crippen molar-refractivity contribution in [3.63, 3.8) is 0 Å². The van der Waals surface area contributed by atoms with Crippen LogP contribution in [0.5, 0.6) is 5.75 Å². The van der Waals surface area contributed by atoms with Crippen LogP contribution in [0.25, 0.3) is 0 Å². The lowest BCUT2D eigenvalue weighted by Gasteiger charge is -2.20. The van der Waals surface area contributed by atoms with Crippen LogP contribution in [0, 0.1) is 5.92 Å². The highest BCUT2D eigenvalue weighted by molar-refractivity contribution is 5.35. The number of rotatable bonds is 6. The molecule has 4 nitrogen and oxygen atoms in total. The Morgan fingerprint density at radius 3 is 2.84 bits per heavy atom. The molecule has 3 atom stereocenters. The van der Waals surface area contributed by atoms with Crippen LogP contribution >= 0.6 is 0 Å². The van der Waals surface area contributed by atoms with Gasteiger partial charge in [0.2, 0.25) is 0 Å². The molecule has 1 aromatic carbocycles. The second-order valence-electron chi connectivity index (χ2n) is 4.96. The molecule has 1 aliphatic rings. The summed E-state index contributed by atoms with van der Waals surface area (Å²) in [6.45, 7) is 3.66. The Kier molecular flexibility index (Phi) is 5.19. The summed E-state index contributed by atoms with van der Waals surface area (Å²) in [5, 5.41) is 10.5. The third kappa shape index (κ3) is 3.69. The first kappa shape index (κ1) is 14.3. The van der Waals surface area contributed by atoms with E-state index in [1.807, 2.05) is 31.2 Å². The van der Waals surface area contributed by atoms with Crippen molar-refractivity contribution < 1.29 is 19.3 Å². The summed E-state index contributed by atoms with van der Waals surface area (Å²) in [6, 6.07) is 7.62. The van der Waals surface area contributed by atoms with E-state index >= 15 is 0 Å². The Morgan fingerprint density at radius 1 is 1.37 bits per heavy atom. The molecule has 4 heteroatoms. The fourth-order valence-electron chi connectivity index (χ4n) is 2.42. The van der Waals surface area contributed by atoms with E-state index in [1.165, 1.54) is 0 Å². The summed E-state index contributed by atoms with van der Waals surface area (Å²) in [7, 11) is 1.64. The summed E-state index contributed by atoms with van der Waals surface area (Å²) in [5.74, 6) is 0.869. The average Bonchev–Trinajstić information content (AvgIpc) is 2.85. The molecule has 1 aliphatic heterocycles. The minimum absolute atomic E-state index is 0.141. The largest absolute Gasteiger partial charge is 0.491 e. The van der Waals surface area contributed by atoms with Crippen LogP contribution in [0.15, 0.2) is 24.3 Å². The molecule has 1 aromatic rings. The van der Waals surface area contributed by atoms with Gasteiger partial charge in [0, 0.05) is 18.6 Å². The number of benzene rings is 1. The molecule has 0 aliphatic carbocycles. The van der Waals surface area contributed by atoms with E-state index in [0.29, 0.717) is 19.8 Å². The van der Waals surface area contributed by atoms with Gasteiger partial charge in [-0.25, -0.2) is 0 Å². The molecular weight excluding hydrogens is 244 g/mol. The van der Waals surface area contributed by atoms with Crippen LogP contribution in [-0.4, -0.2) is 38.1 Å². The normalized spacial score (nSPS) is 24.4. The zero-order valence-corrected chi connectivity index (χ0v) is 11.5. The number of methoxy groups -OCH3 is 1. The molecule has 106 valence electrons. The van der Waals surface area contributed by atoms with Crippen LogP contribution in [0.4, 0.5) is 0 Å². The summed E-state index contributed by atoms with van der Waals surface area (Å²) in [5.41, 5.74) is 0.835. The van der Waals surface area contributed by atoms with Crippen molar-refractivity contribution in [2.24, 2.45) is 5.92 Å². The molecular formula is C15H22O4. The van der Waals surface area contributed by atoms with E-state index in [2.05, 4.69) is 0 Å². The summed E-state index contributed by atoms with van der Waals surface area (Å²) in [6.07, 6.45) is 0.568. The van der Waals surface area contributed by atoms with Crippen molar-refractivity contribution >= 4 is 0 Å². The molecule has 1 fully saturated rings. The molecule has 19 heavy (non-hydrogen) atoms. The van der Waals surface area contributed by atoms with E-state index < -0.39 is 6.10 Å². The fourth-order valence-corrected chi connectivity index (χ4v) is 2.42. The lowest BCUT2D eigenvalue weighted by Crippen LogP contribution is -2.15. The van der Waals surface area contributed by atoms with Gasteiger partial charge in [0.15, 0.2) is 0 Å². The third-order valence-electron chi connectivity index (χ3n) is 3.46. The molecule has 1 saturated heterocycles. The predicted octanol–water partition coefficient (Wildman–Crippen LogP) is 2.17. The van der Waals surface area contributed by atoms with Gasteiger partial charge in [0.25, 0.3) is 0 Å². The van der Waals surface area contributed by atoms with Gasteiger partial charge >= 0.3 is 0 Å². The maximum Gasteiger partial charge on any atom is 0.125 e. The standard InChI is InChI=1S/C15H22O4/c1-11-9-12(10-19-11)15(16)13-5-3-4-6-14(13)18-8-7-17-2/h3-6,11-12,15-16H,7-10H2,1-2H3. The van der Waals surface area contributed by atoms with E-state index in [0.717, 1.165) is 17.7 Å². The van der Waals surface area contributed by atoms with E-state index in [9.17, 15) is 5.11 Å². The lowest BCUT2D eigenvalue weighted by molar-refractivity contribution is 0.0773. The maximum atomic E-state index is 10.5. The first-order chi connectivity index (χ1) is 9.22. The zero-order chi connectivity index (χ0) is 13.7. The summed E-state index contributed by atoms with van der Waals surface area (Å²) >= 11 is 0. The van der Waals surface area contributed by atoms with E-state index in [4.69, 9.17) is 14.2 Å². The van der Waals surface area contributed by atoms with Crippen molar-refractivity contribution in [1.29, 1.82) is 0 Å². The second-order valence-corrected chi connectivity index (χ2v) is 4.96. The zero-order valence-electron chi connectivity index (χ0n) is 11.5. The van der Waals surface area contributed by atoms with Gasteiger partial charge in [-0.05, 0) is 19.4 Å². The molecule has 0 amide bonds. The van der Waals surface area contributed by atoms with Crippen LogP contribution in [-0.2, 0) is 9.47 Å². The van der Waals surface area contributed by atoms with Gasteiger partial charge in [0.1, 0.15) is 12.4 Å². The molecule has 3 unspecified atom stereocenters. The van der Waals surface area contributed by atoms with Crippen LogP contribution in [0.3, 0.4) is 0 Å². The highest BCUT2D eigenvalue weighted by Gasteiger charge is 2.30. The van der Waals surface area contributed by atoms with Gasteiger partial charge in [-0.2, -0.15) is 0 Å².